The minimum Gasteiger partial charge on any atom is -0.411 e. The van der Waals surface area contributed by atoms with Crippen molar-refractivity contribution >= 4 is 15.9 Å². The third kappa shape index (κ3) is 1.90. The quantitative estimate of drug-likeness (QED) is 0.802. The minimum absolute atomic E-state index is 0.0162. The summed E-state index contributed by atoms with van der Waals surface area (Å²) in [5.74, 6) is -1.31. The summed E-state index contributed by atoms with van der Waals surface area (Å²) in [6.45, 7) is 1.53. The van der Waals surface area contributed by atoms with E-state index in [1.807, 2.05) is 0 Å². The largest absolute Gasteiger partial charge is 0.411 e. The number of hydrogen-bond donors (Lipinski definition) is 0. The van der Waals surface area contributed by atoms with E-state index in [9.17, 15) is 8.78 Å². The first-order valence-corrected chi connectivity index (χ1v) is 4.82. The van der Waals surface area contributed by atoms with Crippen molar-refractivity contribution in [3.63, 3.8) is 0 Å². The minimum atomic E-state index is -0.728. The van der Waals surface area contributed by atoms with Crippen molar-refractivity contribution in [2.24, 2.45) is 0 Å². The van der Waals surface area contributed by atoms with Gasteiger partial charge in [0.2, 0.25) is 0 Å². The fourth-order valence-corrected chi connectivity index (χ4v) is 1.37. The number of rotatable bonds is 1. The van der Waals surface area contributed by atoms with Gasteiger partial charge in [-0.15, -0.1) is 10.2 Å². The van der Waals surface area contributed by atoms with Crippen LogP contribution in [0.25, 0.3) is 11.5 Å². The normalized spacial score (nSPS) is 10.7. The second-order valence-corrected chi connectivity index (χ2v) is 3.62. The Bertz CT molecular complexity index is 513. The second-order valence-electron chi connectivity index (χ2n) is 2.94. The third-order valence-electron chi connectivity index (χ3n) is 1.88. The summed E-state index contributed by atoms with van der Waals surface area (Å²) in [4.78, 5) is 0.152. The molecule has 1 heterocycles. The maximum absolute atomic E-state index is 13.3. The fraction of sp³-hybridized carbons (Fsp3) is 0.111. The summed E-state index contributed by atoms with van der Waals surface area (Å²) in [6.07, 6.45) is 0. The van der Waals surface area contributed by atoms with Gasteiger partial charge in [-0.1, -0.05) is 0 Å². The summed E-state index contributed by atoms with van der Waals surface area (Å²) in [6, 6.07) is 2.12. The maximum atomic E-state index is 13.3. The molecular formula is C9H5BrF2N2O. The zero-order chi connectivity index (χ0) is 11.0. The Balaban J connectivity index is 2.58. The molecule has 0 saturated heterocycles. The van der Waals surface area contributed by atoms with Crippen LogP contribution in [-0.4, -0.2) is 10.2 Å². The molecule has 0 saturated carbocycles. The molecule has 0 aliphatic rings. The molecule has 0 unspecified atom stereocenters. The van der Waals surface area contributed by atoms with Gasteiger partial charge in [0.25, 0.3) is 10.7 Å². The van der Waals surface area contributed by atoms with E-state index in [0.29, 0.717) is 5.56 Å². The van der Waals surface area contributed by atoms with E-state index in [2.05, 4.69) is 26.1 Å². The lowest BCUT2D eigenvalue weighted by atomic mass is 10.1. The molecule has 2 rings (SSSR count). The first kappa shape index (κ1) is 10.2. The Morgan fingerprint density at radius 2 is 1.93 bits per heavy atom. The molecule has 15 heavy (non-hydrogen) atoms. The molecule has 6 heteroatoms. The molecule has 2 aromatic rings. The second kappa shape index (κ2) is 3.69. The van der Waals surface area contributed by atoms with E-state index in [0.717, 1.165) is 6.07 Å². The van der Waals surface area contributed by atoms with Gasteiger partial charge in [0.05, 0.1) is 5.56 Å². The van der Waals surface area contributed by atoms with E-state index in [-0.39, 0.29) is 16.3 Å². The summed E-state index contributed by atoms with van der Waals surface area (Å²) in [7, 11) is 0. The molecule has 78 valence electrons. The number of aryl methyl sites for hydroxylation is 1. The topological polar surface area (TPSA) is 38.9 Å². The van der Waals surface area contributed by atoms with Crippen molar-refractivity contribution in [2.45, 2.75) is 6.92 Å². The highest BCUT2D eigenvalue weighted by Crippen LogP contribution is 2.25. The first-order chi connectivity index (χ1) is 7.08. The molecule has 1 aromatic carbocycles. The SMILES string of the molecule is Cc1cc(-c2nnc(Br)o2)c(F)cc1F. The molecule has 0 radical (unpaired) electrons. The van der Waals surface area contributed by atoms with Crippen LogP contribution in [0, 0.1) is 18.6 Å². The fourth-order valence-electron chi connectivity index (χ4n) is 1.14. The number of benzene rings is 1. The number of halogens is 3. The van der Waals surface area contributed by atoms with Crippen LogP contribution in [0.1, 0.15) is 5.56 Å². The number of aromatic nitrogens is 2. The highest BCUT2D eigenvalue weighted by molar-refractivity contribution is 9.10. The molecule has 0 fully saturated rings. The predicted octanol–water partition coefficient (Wildman–Crippen LogP) is 3.09. The monoisotopic (exact) mass is 274 g/mol. The Kier molecular flexibility index (Phi) is 2.52. The number of hydrogen-bond acceptors (Lipinski definition) is 3. The van der Waals surface area contributed by atoms with Gasteiger partial charge >= 0.3 is 0 Å². The van der Waals surface area contributed by atoms with Gasteiger partial charge < -0.3 is 4.42 Å². The molecule has 0 aliphatic carbocycles. The molecule has 1 aromatic heterocycles. The molecule has 3 nitrogen and oxygen atoms in total. The zero-order valence-electron chi connectivity index (χ0n) is 7.59. The van der Waals surface area contributed by atoms with Crippen LogP contribution < -0.4 is 0 Å². The van der Waals surface area contributed by atoms with Crippen LogP contribution in [0.2, 0.25) is 0 Å². The molecule has 0 N–H and O–H groups in total. The first-order valence-electron chi connectivity index (χ1n) is 4.03. The van der Waals surface area contributed by atoms with Gasteiger partial charge in [-0.2, -0.15) is 0 Å². The van der Waals surface area contributed by atoms with Crippen LogP contribution in [0.3, 0.4) is 0 Å². The van der Waals surface area contributed by atoms with E-state index < -0.39 is 11.6 Å². The summed E-state index contributed by atoms with van der Waals surface area (Å²) in [5, 5.41) is 7.12. The van der Waals surface area contributed by atoms with E-state index in [1.165, 1.54) is 13.0 Å². The Morgan fingerprint density at radius 1 is 1.20 bits per heavy atom. The molecule has 0 atom stereocenters. The Hall–Kier alpha value is -1.30. The Labute approximate surface area is 92.3 Å². The van der Waals surface area contributed by atoms with Crippen LogP contribution >= 0.6 is 15.9 Å². The molecule has 0 amide bonds. The lowest BCUT2D eigenvalue weighted by Gasteiger charge is -2.00. The van der Waals surface area contributed by atoms with Crippen molar-refractivity contribution in [1.82, 2.24) is 10.2 Å². The van der Waals surface area contributed by atoms with Crippen LogP contribution in [-0.2, 0) is 0 Å². The standard InChI is InChI=1S/C9H5BrF2N2O/c1-4-2-5(7(12)3-6(4)11)8-13-14-9(10)15-8/h2-3H,1H3. The predicted molar refractivity (Wildman–Crippen MR) is 52.1 cm³/mol. The van der Waals surface area contributed by atoms with Crippen molar-refractivity contribution < 1.29 is 13.2 Å². The average Bonchev–Trinajstić information content (AvgIpc) is 2.58. The number of nitrogens with zero attached hydrogens (tertiary/aromatic N) is 2. The smallest absolute Gasteiger partial charge is 0.285 e. The molecule has 0 aliphatic heterocycles. The van der Waals surface area contributed by atoms with Crippen LogP contribution in [0.4, 0.5) is 8.78 Å². The van der Waals surface area contributed by atoms with Crippen molar-refractivity contribution in [3.8, 4) is 11.5 Å². The summed E-state index contributed by atoms with van der Waals surface area (Å²) < 4.78 is 31.3. The summed E-state index contributed by atoms with van der Waals surface area (Å²) in [5.41, 5.74) is 0.410. The molecular weight excluding hydrogens is 270 g/mol. The lowest BCUT2D eigenvalue weighted by Crippen LogP contribution is -1.90. The highest BCUT2D eigenvalue weighted by Gasteiger charge is 2.14. The van der Waals surface area contributed by atoms with Gasteiger partial charge in [0.15, 0.2) is 0 Å². The van der Waals surface area contributed by atoms with Crippen molar-refractivity contribution in [2.75, 3.05) is 0 Å². The summed E-state index contributed by atoms with van der Waals surface area (Å²) >= 11 is 2.95. The van der Waals surface area contributed by atoms with Crippen molar-refractivity contribution in [1.29, 1.82) is 0 Å². The van der Waals surface area contributed by atoms with Gasteiger partial charge in [-0.25, -0.2) is 8.78 Å². The van der Waals surface area contributed by atoms with Crippen LogP contribution in [0.15, 0.2) is 21.3 Å². The van der Waals surface area contributed by atoms with E-state index >= 15 is 0 Å². The van der Waals surface area contributed by atoms with Crippen LogP contribution in [0.5, 0.6) is 0 Å². The maximum Gasteiger partial charge on any atom is 0.285 e. The third-order valence-corrected chi connectivity index (χ3v) is 2.20. The average molecular weight is 275 g/mol. The van der Waals surface area contributed by atoms with Crippen molar-refractivity contribution in [3.05, 3.63) is 34.1 Å². The van der Waals surface area contributed by atoms with E-state index in [1.54, 1.807) is 0 Å². The van der Waals surface area contributed by atoms with E-state index in [4.69, 9.17) is 4.42 Å². The lowest BCUT2D eigenvalue weighted by molar-refractivity contribution is 0.529. The van der Waals surface area contributed by atoms with Gasteiger partial charge in [0, 0.05) is 22.0 Å². The molecule has 0 spiro atoms. The van der Waals surface area contributed by atoms with Gasteiger partial charge in [0.1, 0.15) is 11.6 Å². The zero-order valence-corrected chi connectivity index (χ0v) is 9.18. The van der Waals surface area contributed by atoms with Gasteiger partial charge in [-0.3, -0.25) is 0 Å². The van der Waals surface area contributed by atoms with Gasteiger partial charge in [-0.05, 0) is 18.6 Å². The highest BCUT2D eigenvalue weighted by atomic mass is 79.9. The molecule has 0 bridgehead atoms. The Morgan fingerprint density at radius 3 is 2.53 bits per heavy atom.